The molecule has 7 heteroatoms. The van der Waals surface area contributed by atoms with Gasteiger partial charge in [0, 0.05) is 0 Å². The minimum absolute atomic E-state index is 0.300. The number of benzene rings is 3. The van der Waals surface area contributed by atoms with E-state index in [9.17, 15) is 17.8 Å². The first-order valence-electron chi connectivity index (χ1n) is 9.19. The summed E-state index contributed by atoms with van der Waals surface area (Å²) in [6, 6.07) is 23.1. The summed E-state index contributed by atoms with van der Waals surface area (Å²) in [5.41, 5.74) is 0. The van der Waals surface area contributed by atoms with Crippen molar-refractivity contribution in [3.8, 4) is 0 Å². The summed E-state index contributed by atoms with van der Waals surface area (Å²) < 4.78 is 43.5. The molecular weight excluding hydrogens is 427 g/mol. The summed E-state index contributed by atoms with van der Waals surface area (Å²) in [4.78, 5) is 11.6. The van der Waals surface area contributed by atoms with E-state index in [1.807, 2.05) is 0 Å². The van der Waals surface area contributed by atoms with Crippen molar-refractivity contribution >= 4 is 49.0 Å². The molecule has 0 aliphatic rings. The molecule has 0 atom stereocenters. The standard InChI is InChI=1S/C22H20ClO4PS/c1-18(24)15-16-28(23,19-9-4-2-5-10-19,20-11-6-3-7-12-20)21-13-8-14-22(17-21)29(25,26)27/h2-17H,1H3,(H,25,26,27)/p-1/b16-15+/i15D. The molecule has 0 saturated carbocycles. The molecule has 150 valence electrons. The molecule has 3 aromatic rings. The van der Waals surface area contributed by atoms with E-state index in [1.54, 1.807) is 66.7 Å². The third-order valence-corrected chi connectivity index (χ3v) is 12.0. The summed E-state index contributed by atoms with van der Waals surface area (Å²) in [6.07, 6.45) is 0. The summed E-state index contributed by atoms with van der Waals surface area (Å²) in [5.74, 6) is -3.24. The predicted molar refractivity (Wildman–Crippen MR) is 119 cm³/mol. The van der Waals surface area contributed by atoms with Crippen LogP contribution in [0.15, 0.2) is 102 Å². The van der Waals surface area contributed by atoms with Crippen molar-refractivity contribution in [2.24, 2.45) is 0 Å². The minimum atomic E-state index is -4.74. The molecule has 0 unspecified atom stereocenters. The second-order valence-electron chi connectivity index (χ2n) is 6.53. The Morgan fingerprint density at radius 2 is 1.41 bits per heavy atom. The van der Waals surface area contributed by atoms with Crippen LogP contribution in [0.1, 0.15) is 8.29 Å². The number of carbonyl (C=O) groups is 1. The maximum absolute atomic E-state index is 12.0. The first-order chi connectivity index (χ1) is 14.1. The van der Waals surface area contributed by atoms with Gasteiger partial charge in [0.1, 0.15) is 0 Å². The molecule has 0 aliphatic heterocycles. The summed E-state index contributed by atoms with van der Waals surface area (Å²) >= 11 is 7.62. The first kappa shape index (κ1) is 20.0. The van der Waals surface area contributed by atoms with E-state index in [-0.39, 0.29) is 6.05 Å². The zero-order valence-electron chi connectivity index (χ0n) is 16.5. The van der Waals surface area contributed by atoms with Crippen molar-refractivity contribution in [1.82, 2.24) is 0 Å². The van der Waals surface area contributed by atoms with E-state index < -0.39 is 26.8 Å². The van der Waals surface area contributed by atoms with Crippen LogP contribution in [0.3, 0.4) is 0 Å². The molecule has 0 N–H and O–H groups in total. The van der Waals surface area contributed by atoms with Crippen LogP contribution >= 0.6 is 17.2 Å². The topological polar surface area (TPSA) is 74.3 Å². The van der Waals surface area contributed by atoms with Crippen LogP contribution in [0, 0.1) is 0 Å². The Morgan fingerprint density at radius 3 is 1.86 bits per heavy atom. The number of hydrogen-bond acceptors (Lipinski definition) is 4. The fourth-order valence-corrected chi connectivity index (χ4v) is 9.02. The molecule has 0 aromatic heterocycles. The van der Waals surface area contributed by atoms with Gasteiger partial charge in [-0.3, -0.25) is 0 Å². The van der Waals surface area contributed by atoms with Gasteiger partial charge in [0.25, 0.3) is 0 Å². The molecule has 0 bridgehead atoms. The number of carbonyl (C=O) groups excluding carboxylic acids is 1. The van der Waals surface area contributed by atoms with E-state index in [0.717, 1.165) is 0 Å². The molecule has 0 fully saturated rings. The first-order valence-corrected chi connectivity index (χ1v) is 13.3. The molecule has 4 nitrogen and oxygen atoms in total. The number of hydrogen-bond donors (Lipinski definition) is 0. The molecule has 3 aromatic carbocycles. The Bertz CT molecular complexity index is 1190. The van der Waals surface area contributed by atoms with Crippen molar-refractivity contribution in [3.05, 3.63) is 96.8 Å². The molecule has 0 saturated heterocycles. The third kappa shape index (κ3) is 3.92. The van der Waals surface area contributed by atoms with Crippen molar-refractivity contribution < 1.29 is 19.1 Å². The molecule has 0 amide bonds. The monoisotopic (exact) mass is 446 g/mol. The Balaban J connectivity index is 2.57. The summed E-state index contributed by atoms with van der Waals surface area (Å²) in [6.45, 7) is 1.27. The second kappa shape index (κ2) is 7.85. The Kier molecular flexibility index (Phi) is 5.41. The van der Waals surface area contributed by atoms with Gasteiger partial charge in [-0.05, 0) is 0 Å². The number of rotatable bonds is 6. The van der Waals surface area contributed by atoms with Gasteiger partial charge in [0.15, 0.2) is 0 Å². The molecule has 0 spiro atoms. The van der Waals surface area contributed by atoms with E-state index in [4.69, 9.17) is 12.6 Å². The Hall–Kier alpha value is -2.30. The van der Waals surface area contributed by atoms with E-state index >= 15 is 0 Å². The van der Waals surface area contributed by atoms with Crippen molar-refractivity contribution in [2.45, 2.75) is 11.8 Å². The number of halogens is 1. The Labute approximate surface area is 176 Å². The van der Waals surface area contributed by atoms with Gasteiger partial charge in [-0.15, -0.1) is 0 Å². The molecule has 0 radical (unpaired) electrons. The Morgan fingerprint density at radius 1 is 0.931 bits per heavy atom. The summed E-state index contributed by atoms with van der Waals surface area (Å²) in [5, 5.41) is 1.58. The van der Waals surface area contributed by atoms with Gasteiger partial charge >= 0.3 is 177 Å². The van der Waals surface area contributed by atoms with Crippen LogP contribution in [0.2, 0.25) is 0 Å². The van der Waals surface area contributed by atoms with Gasteiger partial charge in [0.05, 0.1) is 0 Å². The number of ketones is 1. The average Bonchev–Trinajstić information content (AvgIpc) is 2.74. The molecule has 0 aliphatic carbocycles. The van der Waals surface area contributed by atoms with Crippen molar-refractivity contribution in [1.29, 1.82) is 0 Å². The fraction of sp³-hybridized carbons (Fsp3) is 0.0455. The zero-order valence-corrected chi connectivity index (χ0v) is 18.0. The van der Waals surface area contributed by atoms with Gasteiger partial charge < -0.3 is 0 Å². The van der Waals surface area contributed by atoms with Crippen LogP contribution in [-0.4, -0.2) is 18.8 Å². The van der Waals surface area contributed by atoms with Crippen LogP contribution in [0.4, 0.5) is 0 Å². The van der Waals surface area contributed by atoms with Crippen LogP contribution < -0.4 is 15.9 Å². The molecule has 0 heterocycles. The quantitative estimate of drug-likeness (QED) is 0.329. The van der Waals surface area contributed by atoms with Gasteiger partial charge in [-0.1, -0.05) is 0 Å². The van der Waals surface area contributed by atoms with E-state index in [0.29, 0.717) is 15.9 Å². The van der Waals surface area contributed by atoms with Gasteiger partial charge in [-0.2, -0.15) is 0 Å². The molecular formula is C22H19ClO4PS-. The zero-order chi connectivity index (χ0) is 22.0. The second-order valence-corrected chi connectivity index (χ2v) is 14.0. The van der Waals surface area contributed by atoms with Gasteiger partial charge in [-0.25, -0.2) is 0 Å². The predicted octanol–water partition coefficient (Wildman–Crippen LogP) is 3.68. The normalized spacial score (nSPS) is 14.5. The van der Waals surface area contributed by atoms with E-state index in [2.05, 4.69) is 0 Å². The van der Waals surface area contributed by atoms with Crippen LogP contribution in [-0.2, 0) is 14.9 Å². The van der Waals surface area contributed by atoms with Crippen LogP contribution in [0.25, 0.3) is 0 Å². The van der Waals surface area contributed by atoms with Gasteiger partial charge in [0.2, 0.25) is 0 Å². The van der Waals surface area contributed by atoms with Crippen LogP contribution in [0.5, 0.6) is 0 Å². The van der Waals surface area contributed by atoms with Crippen molar-refractivity contribution in [2.75, 3.05) is 0 Å². The number of allylic oxidation sites excluding steroid dienone is 1. The maximum atomic E-state index is 12.0. The molecule has 29 heavy (non-hydrogen) atoms. The fourth-order valence-electron chi connectivity index (χ4n) is 3.23. The SMILES string of the molecule is [2H]/C(=C\P(Cl)(c1ccccc1)(c1ccccc1)c1cccc(S(=O)(=O)[O-])c1)C(C)=O. The van der Waals surface area contributed by atoms with Crippen molar-refractivity contribution in [3.63, 3.8) is 0 Å². The summed E-state index contributed by atoms with van der Waals surface area (Å²) in [7, 11) is -4.74. The van der Waals surface area contributed by atoms with E-state index in [1.165, 1.54) is 30.9 Å². The third-order valence-electron chi connectivity index (χ3n) is 4.64. The average molecular weight is 447 g/mol. The molecule has 3 rings (SSSR count).